The Labute approximate surface area is 101 Å². The van der Waals surface area contributed by atoms with E-state index in [1.165, 1.54) is 5.56 Å². The van der Waals surface area contributed by atoms with Gasteiger partial charge in [0.15, 0.2) is 0 Å². The molecule has 0 saturated heterocycles. The lowest BCUT2D eigenvalue weighted by molar-refractivity contribution is -0.155. The molecule has 2 atom stereocenters. The van der Waals surface area contributed by atoms with E-state index in [1.54, 1.807) is 0 Å². The minimum absolute atomic E-state index is 0.149. The Morgan fingerprint density at radius 1 is 1.18 bits per heavy atom. The molecule has 1 fully saturated rings. The number of aldehydes is 1. The smallest absolute Gasteiger partial charge is 0.371 e. The molecule has 0 aliphatic heterocycles. The minimum atomic E-state index is -0.752. The van der Waals surface area contributed by atoms with Crippen molar-refractivity contribution in [3.05, 3.63) is 35.9 Å². The summed E-state index contributed by atoms with van der Waals surface area (Å²) in [6.07, 6.45) is 4.16. The van der Waals surface area contributed by atoms with E-state index in [9.17, 15) is 9.59 Å². The Balaban J connectivity index is 2.12. The summed E-state index contributed by atoms with van der Waals surface area (Å²) in [6.45, 7) is 0. The molecule has 3 heteroatoms. The molecule has 0 N–H and O–H groups in total. The molecule has 1 aliphatic carbocycles. The van der Waals surface area contributed by atoms with Crippen LogP contribution in [0, 0.1) is 0 Å². The average Bonchev–Trinajstić information content (AvgIpc) is 2.40. The van der Waals surface area contributed by atoms with E-state index < -0.39 is 5.97 Å². The number of benzene rings is 1. The lowest BCUT2D eigenvalue weighted by Crippen LogP contribution is -2.29. The molecule has 17 heavy (non-hydrogen) atoms. The quantitative estimate of drug-likeness (QED) is 0.457. The molecule has 1 saturated carbocycles. The van der Waals surface area contributed by atoms with Crippen molar-refractivity contribution < 1.29 is 14.3 Å². The van der Waals surface area contributed by atoms with Gasteiger partial charge >= 0.3 is 5.97 Å². The van der Waals surface area contributed by atoms with E-state index in [4.69, 9.17) is 4.74 Å². The molecule has 0 aromatic heterocycles. The van der Waals surface area contributed by atoms with Gasteiger partial charge in [-0.3, -0.25) is 4.79 Å². The summed E-state index contributed by atoms with van der Waals surface area (Å²) in [5.41, 5.74) is 1.19. The van der Waals surface area contributed by atoms with Crippen LogP contribution in [0.2, 0.25) is 0 Å². The van der Waals surface area contributed by atoms with Gasteiger partial charge in [-0.2, -0.15) is 0 Å². The number of esters is 1. The normalized spacial score (nSPS) is 24.0. The van der Waals surface area contributed by atoms with Crippen LogP contribution in [-0.2, 0) is 14.3 Å². The molecule has 0 bridgehead atoms. The Hall–Kier alpha value is -1.64. The van der Waals surface area contributed by atoms with Crippen molar-refractivity contribution in [1.29, 1.82) is 0 Å². The molecule has 0 radical (unpaired) electrons. The third-order valence-electron chi connectivity index (χ3n) is 3.29. The molecule has 3 nitrogen and oxygen atoms in total. The van der Waals surface area contributed by atoms with Gasteiger partial charge in [0.05, 0.1) is 0 Å². The van der Waals surface area contributed by atoms with Crippen LogP contribution < -0.4 is 0 Å². The van der Waals surface area contributed by atoms with Crippen LogP contribution in [0.15, 0.2) is 30.3 Å². The van der Waals surface area contributed by atoms with Crippen molar-refractivity contribution in [2.24, 2.45) is 0 Å². The summed E-state index contributed by atoms with van der Waals surface area (Å²) in [4.78, 5) is 21.4. The van der Waals surface area contributed by atoms with Crippen LogP contribution in [-0.4, -0.2) is 18.4 Å². The maximum Gasteiger partial charge on any atom is 0.371 e. The number of carbonyl (C=O) groups is 2. The zero-order valence-electron chi connectivity index (χ0n) is 9.67. The van der Waals surface area contributed by atoms with E-state index in [-0.39, 0.29) is 18.3 Å². The molecule has 1 aromatic carbocycles. The molecule has 1 aliphatic rings. The highest BCUT2D eigenvalue weighted by Gasteiger charge is 2.29. The van der Waals surface area contributed by atoms with E-state index in [1.807, 2.05) is 18.2 Å². The molecule has 0 spiro atoms. The number of carbonyl (C=O) groups excluding carboxylic acids is 2. The lowest BCUT2D eigenvalue weighted by Gasteiger charge is -2.30. The highest BCUT2D eigenvalue weighted by molar-refractivity contribution is 6.20. The fourth-order valence-corrected chi connectivity index (χ4v) is 2.50. The van der Waals surface area contributed by atoms with E-state index in [2.05, 4.69) is 12.1 Å². The first-order valence-electron chi connectivity index (χ1n) is 6.02. The topological polar surface area (TPSA) is 43.4 Å². The minimum Gasteiger partial charge on any atom is -0.456 e. The van der Waals surface area contributed by atoms with Gasteiger partial charge < -0.3 is 4.74 Å². The number of ether oxygens (including phenoxy) is 1. The lowest BCUT2D eigenvalue weighted by atomic mass is 9.81. The average molecular weight is 232 g/mol. The van der Waals surface area contributed by atoms with E-state index in [0.717, 1.165) is 25.7 Å². The molecule has 2 unspecified atom stereocenters. The first-order valence-corrected chi connectivity index (χ1v) is 6.02. The highest BCUT2D eigenvalue weighted by atomic mass is 16.5. The largest absolute Gasteiger partial charge is 0.456 e. The fourth-order valence-electron chi connectivity index (χ4n) is 2.50. The van der Waals surface area contributed by atoms with Gasteiger partial charge in [0.1, 0.15) is 6.10 Å². The second kappa shape index (κ2) is 5.62. The second-order valence-electron chi connectivity index (χ2n) is 4.39. The SMILES string of the molecule is O=CC(=O)OC1CCCCC1c1ccccc1. The van der Waals surface area contributed by atoms with Gasteiger partial charge in [-0.1, -0.05) is 36.8 Å². The van der Waals surface area contributed by atoms with Crippen molar-refractivity contribution in [3.8, 4) is 0 Å². The zero-order chi connectivity index (χ0) is 12.1. The van der Waals surface area contributed by atoms with Crippen molar-refractivity contribution in [3.63, 3.8) is 0 Å². The van der Waals surface area contributed by atoms with Crippen LogP contribution in [0.25, 0.3) is 0 Å². The fraction of sp³-hybridized carbons (Fsp3) is 0.429. The summed E-state index contributed by atoms with van der Waals surface area (Å²) >= 11 is 0. The van der Waals surface area contributed by atoms with Crippen molar-refractivity contribution in [2.75, 3.05) is 0 Å². The number of rotatable bonds is 3. The summed E-state index contributed by atoms with van der Waals surface area (Å²) < 4.78 is 5.20. The molecule has 1 aromatic rings. The van der Waals surface area contributed by atoms with Gasteiger partial charge in [-0.05, 0) is 24.8 Å². The Kier molecular flexibility index (Phi) is 3.91. The second-order valence-corrected chi connectivity index (χ2v) is 4.39. The summed E-state index contributed by atoms with van der Waals surface area (Å²) in [6, 6.07) is 10.1. The van der Waals surface area contributed by atoms with E-state index in [0.29, 0.717) is 0 Å². The first-order chi connectivity index (χ1) is 8.31. The van der Waals surface area contributed by atoms with Gasteiger partial charge in [0.25, 0.3) is 0 Å². The van der Waals surface area contributed by atoms with Crippen molar-refractivity contribution in [2.45, 2.75) is 37.7 Å². The molecular weight excluding hydrogens is 216 g/mol. The van der Waals surface area contributed by atoms with Crippen LogP contribution in [0.4, 0.5) is 0 Å². The first kappa shape index (κ1) is 11.8. The number of hydrogen-bond donors (Lipinski definition) is 0. The highest BCUT2D eigenvalue weighted by Crippen LogP contribution is 2.34. The maximum absolute atomic E-state index is 11.1. The van der Waals surface area contributed by atoms with Crippen molar-refractivity contribution in [1.82, 2.24) is 0 Å². The maximum atomic E-state index is 11.1. The summed E-state index contributed by atoms with van der Waals surface area (Å²) in [5.74, 6) is -0.522. The predicted octanol–water partition coefficient (Wildman–Crippen LogP) is 2.45. The summed E-state index contributed by atoms with van der Waals surface area (Å²) in [7, 11) is 0. The monoisotopic (exact) mass is 232 g/mol. The van der Waals surface area contributed by atoms with E-state index >= 15 is 0 Å². The Bertz CT molecular complexity index is 386. The third kappa shape index (κ3) is 2.93. The van der Waals surface area contributed by atoms with Crippen LogP contribution >= 0.6 is 0 Å². The predicted molar refractivity (Wildman–Crippen MR) is 63.6 cm³/mol. The van der Waals surface area contributed by atoms with Crippen LogP contribution in [0.1, 0.15) is 37.2 Å². The third-order valence-corrected chi connectivity index (χ3v) is 3.29. The Morgan fingerprint density at radius 3 is 2.59 bits per heavy atom. The van der Waals surface area contributed by atoms with Gasteiger partial charge in [-0.15, -0.1) is 0 Å². The Morgan fingerprint density at radius 2 is 1.88 bits per heavy atom. The van der Waals surface area contributed by atoms with Crippen molar-refractivity contribution >= 4 is 12.3 Å². The number of hydrogen-bond acceptors (Lipinski definition) is 3. The summed E-state index contributed by atoms with van der Waals surface area (Å²) in [5, 5.41) is 0. The standard InChI is InChI=1S/C14H16O3/c15-10-14(16)17-13-9-5-4-8-12(13)11-6-2-1-3-7-11/h1-3,6-7,10,12-13H,4-5,8-9H2. The van der Waals surface area contributed by atoms with Gasteiger partial charge in [-0.25, -0.2) is 4.79 Å². The molecule has 2 rings (SSSR count). The van der Waals surface area contributed by atoms with Gasteiger partial charge in [0, 0.05) is 5.92 Å². The van der Waals surface area contributed by atoms with Crippen LogP contribution in [0.3, 0.4) is 0 Å². The molecule has 0 amide bonds. The molecule has 0 heterocycles. The van der Waals surface area contributed by atoms with Gasteiger partial charge in [0.2, 0.25) is 6.29 Å². The zero-order valence-corrected chi connectivity index (χ0v) is 9.67. The molecular formula is C14H16O3. The van der Waals surface area contributed by atoms with Crippen LogP contribution in [0.5, 0.6) is 0 Å². The molecule has 90 valence electrons.